The lowest BCUT2D eigenvalue weighted by atomic mass is 9.76. The van der Waals surface area contributed by atoms with Gasteiger partial charge in [0.05, 0.1) is 36.9 Å². The summed E-state index contributed by atoms with van der Waals surface area (Å²) in [7, 11) is 4.65. The number of allylic oxidation sites excluding steroid dienone is 2. The standard InChI is InChI=1S/C22H24N2O5S/c1-10(25)21-19(23)18-16(11-8-14(27-2)20(29-4)15(9-11)28-3)17-12(24-22(18)30-21)6-5-7-13(17)26/h8-9,16,24H,5-7,23H2,1-4H3/t16-/m1/s1. The van der Waals surface area contributed by atoms with Crippen molar-refractivity contribution in [3.8, 4) is 17.2 Å². The molecule has 1 aliphatic heterocycles. The van der Waals surface area contributed by atoms with E-state index < -0.39 is 5.92 Å². The zero-order chi connectivity index (χ0) is 21.6. The number of anilines is 2. The number of carbonyl (C=O) groups excluding carboxylic acids is 2. The van der Waals surface area contributed by atoms with Crippen LogP contribution >= 0.6 is 11.3 Å². The Morgan fingerprint density at radius 1 is 1.13 bits per heavy atom. The quantitative estimate of drug-likeness (QED) is 0.691. The van der Waals surface area contributed by atoms with Crippen LogP contribution in [-0.4, -0.2) is 32.9 Å². The van der Waals surface area contributed by atoms with E-state index >= 15 is 0 Å². The Hall–Kier alpha value is -3.00. The van der Waals surface area contributed by atoms with Gasteiger partial charge >= 0.3 is 0 Å². The molecule has 0 spiro atoms. The number of hydrogen-bond donors (Lipinski definition) is 2. The van der Waals surface area contributed by atoms with Crippen LogP contribution in [0.1, 0.15) is 52.9 Å². The van der Waals surface area contributed by atoms with Crippen LogP contribution in [0.15, 0.2) is 23.4 Å². The van der Waals surface area contributed by atoms with Crippen molar-refractivity contribution < 1.29 is 23.8 Å². The van der Waals surface area contributed by atoms with Gasteiger partial charge in [-0.05, 0) is 30.5 Å². The van der Waals surface area contributed by atoms with Crippen LogP contribution in [0.2, 0.25) is 0 Å². The molecule has 1 aromatic carbocycles. The number of nitrogens with two attached hydrogens (primary N) is 1. The molecule has 0 radical (unpaired) electrons. The van der Waals surface area contributed by atoms with E-state index in [0.717, 1.165) is 34.7 Å². The van der Waals surface area contributed by atoms with Gasteiger partial charge in [0.25, 0.3) is 0 Å². The summed E-state index contributed by atoms with van der Waals surface area (Å²) in [5.41, 5.74) is 10.0. The van der Waals surface area contributed by atoms with E-state index in [0.29, 0.717) is 39.8 Å². The van der Waals surface area contributed by atoms with Crippen LogP contribution in [-0.2, 0) is 4.79 Å². The second-order valence-electron chi connectivity index (χ2n) is 7.33. The van der Waals surface area contributed by atoms with Gasteiger partial charge in [0, 0.05) is 36.1 Å². The molecule has 1 aliphatic carbocycles. The summed E-state index contributed by atoms with van der Waals surface area (Å²) in [5.74, 6) is 1.05. The van der Waals surface area contributed by atoms with Crippen LogP contribution in [0.5, 0.6) is 17.2 Å². The first-order valence-electron chi connectivity index (χ1n) is 9.67. The highest BCUT2D eigenvalue weighted by molar-refractivity contribution is 7.19. The summed E-state index contributed by atoms with van der Waals surface area (Å²) in [6, 6.07) is 3.69. The number of thiophene rings is 1. The van der Waals surface area contributed by atoms with Crippen LogP contribution in [0.25, 0.3) is 0 Å². The number of fused-ring (bicyclic) bond motifs is 1. The van der Waals surface area contributed by atoms with Gasteiger partial charge < -0.3 is 25.3 Å². The molecule has 3 N–H and O–H groups in total. The molecule has 0 bridgehead atoms. The first-order chi connectivity index (χ1) is 14.4. The number of benzene rings is 1. The minimum absolute atomic E-state index is 0.0862. The summed E-state index contributed by atoms with van der Waals surface area (Å²) in [6.45, 7) is 1.50. The number of rotatable bonds is 5. The highest BCUT2D eigenvalue weighted by atomic mass is 32.1. The lowest BCUT2D eigenvalue weighted by molar-refractivity contribution is -0.116. The second kappa shape index (κ2) is 7.68. The van der Waals surface area contributed by atoms with E-state index in [4.69, 9.17) is 19.9 Å². The number of ether oxygens (including phenoxy) is 3. The maximum Gasteiger partial charge on any atom is 0.203 e. The number of nitrogen functional groups attached to an aromatic ring is 1. The van der Waals surface area contributed by atoms with Gasteiger partial charge in [-0.25, -0.2) is 0 Å². The molecule has 0 unspecified atom stereocenters. The van der Waals surface area contributed by atoms with E-state index in [1.54, 1.807) is 21.3 Å². The zero-order valence-electron chi connectivity index (χ0n) is 17.4. The Balaban J connectivity index is 2.00. The number of carbonyl (C=O) groups is 2. The van der Waals surface area contributed by atoms with Crippen molar-refractivity contribution in [1.82, 2.24) is 0 Å². The summed E-state index contributed by atoms with van der Waals surface area (Å²) in [6.07, 6.45) is 2.05. The first-order valence-corrected chi connectivity index (χ1v) is 10.5. The molecule has 0 fully saturated rings. The molecule has 2 heterocycles. The molecular formula is C22H24N2O5S. The van der Waals surface area contributed by atoms with Gasteiger partial charge in [0.15, 0.2) is 23.1 Å². The Bertz CT molecular complexity index is 1060. The molecule has 0 amide bonds. The third kappa shape index (κ3) is 3.02. The van der Waals surface area contributed by atoms with Crippen molar-refractivity contribution >= 4 is 33.6 Å². The third-order valence-electron chi connectivity index (χ3n) is 5.62. The number of hydrogen-bond acceptors (Lipinski definition) is 8. The third-order valence-corrected chi connectivity index (χ3v) is 6.86. The summed E-state index contributed by atoms with van der Waals surface area (Å²) in [4.78, 5) is 25.7. The summed E-state index contributed by atoms with van der Waals surface area (Å²) >= 11 is 1.33. The summed E-state index contributed by atoms with van der Waals surface area (Å²) in [5, 5.41) is 4.19. The average molecular weight is 429 g/mol. The van der Waals surface area contributed by atoms with Crippen molar-refractivity contribution in [3.63, 3.8) is 0 Å². The number of ketones is 2. The van der Waals surface area contributed by atoms with Crippen molar-refractivity contribution in [3.05, 3.63) is 39.4 Å². The molecule has 4 rings (SSSR count). The average Bonchev–Trinajstić information content (AvgIpc) is 3.07. The molecule has 158 valence electrons. The number of Topliss-reactive ketones (excluding diaryl/α,β-unsaturated/α-hetero) is 2. The van der Waals surface area contributed by atoms with E-state index in [-0.39, 0.29) is 11.6 Å². The smallest absolute Gasteiger partial charge is 0.203 e. The van der Waals surface area contributed by atoms with Crippen molar-refractivity contribution in [2.75, 3.05) is 32.4 Å². The van der Waals surface area contributed by atoms with E-state index in [9.17, 15) is 9.59 Å². The molecular weight excluding hydrogens is 404 g/mol. The Kier molecular flexibility index (Phi) is 5.19. The van der Waals surface area contributed by atoms with Gasteiger partial charge in [0.2, 0.25) is 5.75 Å². The Morgan fingerprint density at radius 3 is 2.37 bits per heavy atom. The molecule has 1 aromatic heterocycles. The maximum absolute atomic E-state index is 13.0. The van der Waals surface area contributed by atoms with Crippen molar-refractivity contribution in [2.24, 2.45) is 0 Å². The molecule has 0 saturated heterocycles. The predicted molar refractivity (Wildman–Crippen MR) is 116 cm³/mol. The van der Waals surface area contributed by atoms with Crippen LogP contribution in [0.4, 0.5) is 10.7 Å². The van der Waals surface area contributed by atoms with Crippen molar-refractivity contribution in [1.29, 1.82) is 0 Å². The predicted octanol–water partition coefficient (Wildman–Crippen LogP) is 4.12. The lowest BCUT2D eigenvalue weighted by Gasteiger charge is -2.33. The van der Waals surface area contributed by atoms with Gasteiger partial charge in [-0.15, -0.1) is 11.3 Å². The van der Waals surface area contributed by atoms with E-state index in [2.05, 4.69) is 5.32 Å². The van der Waals surface area contributed by atoms with Gasteiger partial charge in [0.1, 0.15) is 0 Å². The SMILES string of the molecule is COc1cc([C@@H]2C3=C(CCCC3=O)Nc3sc(C(C)=O)c(N)c32)cc(OC)c1OC. The highest BCUT2D eigenvalue weighted by Crippen LogP contribution is 2.53. The minimum atomic E-state index is -0.415. The van der Waals surface area contributed by atoms with Crippen LogP contribution in [0, 0.1) is 0 Å². The van der Waals surface area contributed by atoms with Gasteiger partial charge in [-0.3, -0.25) is 9.59 Å². The second-order valence-corrected chi connectivity index (χ2v) is 8.35. The van der Waals surface area contributed by atoms with Crippen molar-refractivity contribution in [2.45, 2.75) is 32.1 Å². The number of nitrogens with one attached hydrogen (secondary N) is 1. The fourth-order valence-corrected chi connectivity index (χ4v) is 5.39. The van der Waals surface area contributed by atoms with Crippen LogP contribution < -0.4 is 25.3 Å². The Morgan fingerprint density at radius 2 is 1.80 bits per heavy atom. The topological polar surface area (TPSA) is 99.9 Å². The summed E-state index contributed by atoms with van der Waals surface area (Å²) < 4.78 is 16.5. The lowest BCUT2D eigenvalue weighted by Crippen LogP contribution is -2.26. The Labute approximate surface area is 178 Å². The molecule has 8 heteroatoms. The highest BCUT2D eigenvalue weighted by Gasteiger charge is 2.39. The minimum Gasteiger partial charge on any atom is -0.493 e. The fraction of sp³-hybridized carbons (Fsp3) is 0.364. The molecule has 0 saturated carbocycles. The molecule has 1 atom stereocenters. The largest absolute Gasteiger partial charge is 0.493 e. The van der Waals surface area contributed by atoms with Gasteiger partial charge in [-0.1, -0.05) is 0 Å². The molecule has 2 aromatic rings. The zero-order valence-corrected chi connectivity index (χ0v) is 18.2. The van der Waals surface area contributed by atoms with E-state index in [1.807, 2.05) is 12.1 Å². The molecule has 30 heavy (non-hydrogen) atoms. The first kappa shape index (κ1) is 20.3. The fourth-order valence-electron chi connectivity index (χ4n) is 4.31. The van der Waals surface area contributed by atoms with Crippen LogP contribution in [0.3, 0.4) is 0 Å². The number of methoxy groups -OCH3 is 3. The van der Waals surface area contributed by atoms with E-state index in [1.165, 1.54) is 18.3 Å². The normalized spacial score (nSPS) is 17.7. The molecule has 7 nitrogen and oxygen atoms in total. The molecule has 2 aliphatic rings. The maximum atomic E-state index is 13.0. The van der Waals surface area contributed by atoms with Gasteiger partial charge in [-0.2, -0.15) is 0 Å². The monoisotopic (exact) mass is 428 g/mol.